The number of carbonyl (C=O) groups excluding carboxylic acids is 2. The number of fused-ring (bicyclic) bond motifs is 2. The summed E-state index contributed by atoms with van der Waals surface area (Å²) in [5.74, 6) is -6.12. The maximum Gasteiger partial charge on any atom is 0.387 e. The van der Waals surface area contributed by atoms with Crippen molar-refractivity contribution in [2.75, 3.05) is 36.6 Å². The summed E-state index contributed by atoms with van der Waals surface area (Å²) in [6, 6.07) is 7.67. The number of hydrogen-bond donors (Lipinski definition) is 1. The number of amides is 2. The third kappa shape index (κ3) is 5.42. The van der Waals surface area contributed by atoms with Gasteiger partial charge in [-0.05, 0) is 42.8 Å². The summed E-state index contributed by atoms with van der Waals surface area (Å²) in [6.45, 7) is -2.45. The van der Waals surface area contributed by atoms with Gasteiger partial charge in [-0.25, -0.2) is 18.2 Å². The van der Waals surface area contributed by atoms with Crippen molar-refractivity contribution in [3.63, 3.8) is 0 Å². The van der Waals surface area contributed by atoms with Gasteiger partial charge in [0.05, 0.1) is 25.9 Å². The molecular formula is C29H25F5N4O5. The van der Waals surface area contributed by atoms with Crippen LogP contribution in [0.3, 0.4) is 0 Å². The zero-order valence-electron chi connectivity index (χ0n) is 22.6. The molecule has 2 amide bonds. The molecule has 0 aliphatic carbocycles. The number of aromatic nitrogens is 1. The van der Waals surface area contributed by atoms with Crippen LogP contribution in [0.5, 0.6) is 11.5 Å². The third-order valence-electron chi connectivity index (χ3n) is 7.86. The van der Waals surface area contributed by atoms with Crippen molar-refractivity contribution >= 4 is 23.5 Å². The number of rotatable bonds is 8. The summed E-state index contributed by atoms with van der Waals surface area (Å²) < 4.78 is 85.6. The molecular weight excluding hydrogens is 579 g/mol. The second-order valence-corrected chi connectivity index (χ2v) is 10.4. The minimum Gasteiger partial charge on any atom is -0.497 e. The van der Waals surface area contributed by atoms with Gasteiger partial charge in [-0.1, -0.05) is 0 Å². The summed E-state index contributed by atoms with van der Waals surface area (Å²) >= 11 is 0. The highest BCUT2D eigenvalue weighted by molar-refractivity contribution is 6.04. The van der Waals surface area contributed by atoms with Crippen molar-refractivity contribution in [3.8, 4) is 11.5 Å². The van der Waals surface area contributed by atoms with E-state index in [0.29, 0.717) is 19.0 Å². The van der Waals surface area contributed by atoms with Gasteiger partial charge in [0.2, 0.25) is 0 Å². The third-order valence-corrected chi connectivity index (χ3v) is 7.86. The predicted molar refractivity (Wildman–Crippen MR) is 142 cm³/mol. The van der Waals surface area contributed by atoms with E-state index in [0.717, 1.165) is 41.7 Å². The maximum absolute atomic E-state index is 15.3. The van der Waals surface area contributed by atoms with Gasteiger partial charge >= 0.3 is 6.61 Å². The first-order chi connectivity index (χ1) is 20.6. The summed E-state index contributed by atoms with van der Waals surface area (Å²) in [7, 11) is 1.23. The van der Waals surface area contributed by atoms with Crippen molar-refractivity contribution in [1.29, 1.82) is 0 Å². The molecule has 1 unspecified atom stereocenters. The van der Waals surface area contributed by atoms with E-state index in [1.165, 1.54) is 25.3 Å². The minimum atomic E-state index is -3.07. The molecule has 1 N–H and O–H groups in total. The Kier molecular flexibility index (Phi) is 7.54. The standard InChI is InChI=1S/C29H25F5N4O5/c1-41-17-9-21(31)24(22(32)10-17)19-12-38(26-20(30)6-7-23(35-26)37-11-18-8-15(37)13-42-18)28(40)25(19)36-27(39)14-2-4-16(5-3-14)43-29(33)34/h2-7,9-10,15,18-19,25,29H,8,11-13H2,1H3,(H,36,39)/t15-,18-,19+,25?/m1/s1. The maximum atomic E-state index is 15.3. The molecule has 1 aromatic heterocycles. The lowest BCUT2D eigenvalue weighted by molar-refractivity contribution is -0.118. The van der Waals surface area contributed by atoms with Crippen molar-refractivity contribution < 1.29 is 45.8 Å². The van der Waals surface area contributed by atoms with Gasteiger partial charge in [0.15, 0.2) is 11.6 Å². The van der Waals surface area contributed by atoms with Crippen molar-refractivity contribution in [2.24, 2.45) is 0 Å². The van der Waals surface area contributed by atoms with Gasteiger partial charge in [0.1, 0.15) is 35.0 Å². The molecule has 0 radical (unpaired) electrons. The van der Waals surface area contributed by atoms with E-state index >= 15 is 13.2 Å². The van der Waals surface area contributed by atoms with Crippen molar-refractivity contribution in [1.82, 2.24) is 10.3 Å². The monoisotopic (exact) mass is 604 g/mol. The highest BCUT2D eigenvalue weighted by atomic mass is 19.3. The molecule has 2 aromatic carbocycles. The van der Waals surface area contributed by atoms with Crippen molar-refractivity contribution in [3.05, 3.63) is 77.1 Å². The second kappa shape index (κ2) is 11.3. The van der Waals surface area contributed by atoms with Crippen LogP contribution in [0.2, 0.25) is 0 Å². The van der Waals surface area contributed by atoms with Crippen molar-refractivity contribution in [2.45, 2.75) is 37.1 Å². The number of benzene rings is 2. The first-order valence-electron chi connectivity index (χ1n) is 13.4. The number of nitrogens with zero attached hydrogens (tertiary/aromatic N) is 3. The molecule has 6 rings (SSSR count). The molecule has 2 bridgehead atoms. The highest BCUT2D eigenvalue weighted by Gasteiger charge is 2.47. The van der Waals surface area contributed by atoms with Gasteiger partial charge < -0.3 is 24.4 Å². The average molecular weight is 605 g/mol. The van der Waals surface area contributed by atoms with E-state index < -0.39 is 59.9 Å². The van der Waals surface area contributed by atoms with Crippen LogP contribution >= 0.6 is 0 Å². The lowest BCUT2D eigenvalue weighted by Crippen LogP contribution is -2.44. The minimum absolute atomic E-state index is 0.0229. The fourth-order valence-electron chi connectivity index (χ4n) is 5.84. The van der Waals surface area contributed by atoms with Gasteiger partial charge in [-0.3, -0.25) is 14.5 Å². The summed E-state index contributed by atoms with van der Waals surface area (Å²) in [6.07, 6.45) is 0.813. The summed E-state index contributed by atoms with van der Waals surface area (Å²) in [5, 5.41) is 2.49. The number of halogens is 5. The molecule has 3 aromatic rings. The number of ether oxygens (including phenoxy) is 3. The van der Waals surface area contributed by atoms with Crippen LogP contribution < -0.4 is 24.6 Å². The SMILES string of the molecule is COc1cc(F)c([C@@H]2CN(c3nc(N4C[C@H]5C[C@@H]4CO5)ccc3F)C(=O)C2NC(=O)c2ccc(OC(F)F)cc2)c(F)c1. The quantitative estimate of drug-likeness (QED) is 0.389. The Labute approximate surface area is 242 Å². The molecule has 3 saturated heterocycles. The summed E-state index contributed by atoms with van der Waals surface area (Å²) in [5.41, 5.74) is -0.548. The smallest absolute Gasteiger partial charge is 0.387 e. The van der Waals surface area contributed by atoms with Gasteiger partial charge in [-0.15, -0.1) is 0 Å². The first-order valence-corrected chi connectivity index (χ1v) is 13.4. The highest BCUT2D eigenvalue weighted by Crippen LogP contribution is 2.38. The lowest BCUT2D eigenvalue weighted by atomic mass is 9.92. The number of methoxy groups -OCH3 is 1. The van der Waals surface area contributed by atoms with Crippen LogP contribution in [-0.4, -0.2) is 68.4 Å². The Morgan fingerprint density at radius 2 is 1.74 bits per heavy atom. The molecule has 43 heavy (non-hydrogen) atoms. The molecule has 14 heteroatoms. The van der Waals surface area contributed by atoms with E-state index in [1.54, 1.807) is 0 Å². The number of morpholine rings is 1. The summed E-state index contributed by atoms with van der Waals surface area (Å²) in [4.78, 5) is 34.3. The van der Waals surface area contributed by atoms with Crippen LogP contribution in [0.25, 0.3) is 0 Å². The van der Waals surface area contributed by atoms with E-state index in [4.69, 9.17) is 9.47 Å². The van der Waals surface area contributed by atoms with Crippen LogP contribution in [0.1, 0.15) is 28.3 Å². The Morgan fingerprint density at radius 3 is 2.35 bits per heavy atom. The molecule has 0 spiro atoms. The zero-order valence-corrected chi connectivity index (χ0v) is 22.6. The van der Waals surface area contributed by atoms with E-state index in [2.05, 4.69) is 15.0 Å². The Morgan fingerprint density at radius 1 is 1.02 bits per heavy atom. The number of pyridine rings is 1. The number of alkyl halides is 2. The lowest BCUT2D eigenvalue weighted by Gasteiger charge is -2.29. The Bertz CT molecular complexity index is 1540. The normalized spacial score (nSPS) is 22.9. The van der Waals surface area contributed by atoms with Crippen LogP contribution in [0, 0.1) is 17.5 Å². The number of anilines is 2. The number of carbonyl (C=O) groups is 2. The van der Waals surface area contributed by atoms with Gasteiger partial charge in [-0.2, -0.15) is 8.78 Å². The second-order valence-electron chi connectivity index (χ2n) is 10.4. The zero-order chi connectivity index (χ0) is 30.4. The topological polar surface area (TPSA) is 93.2 Å². The molecule has 9 nitrogen and oxygen atoms in total. The molecule has 4 heterocycles. The predicted octanol–water partition coefficient (Wildman–Crippen LogP) is 4.02. The molecule has 3 aliphatic heterocycles. The fraction of sp³-hybridized carbons (Fsp3) is 0.345. The molecule has 226 valence electrons. The average Bonchev–Trinajstić information content (AvgIpc) is 3.69. The molecule has 3 aliphatic rings. The van der Waals surface area contributed by atoms with E-state index in [1.807, 2.05) is 4.90 Å². The molecule has 0 saturated carbocycles. The van der Waals surface area contributed by atoms with Crippen LogP contribution in [0.15, 0.2) is 48.5 Å². The van der Waals surface area contributed by atoms with Gasteiger partial charge in [0, 0.05) is 42.3 Å². The largest absolute Gasteiger partial charge is 0.497 e. The molecule has 3 fully saturated rings. The van der Waals surface area contributed by atoms with E-state index in [9.17, 15) is 18.4 Å². The number of hydrogen-bond acceptors (Lipinski definition) is 7. The number of nitrogens with one attached hydrogen (secondary N) is 1. The van der Waals surface area contributed by atoms with Crippen LogP contribution in [-0.2, 0) is 9.53 Å². The van der Waals surface area contributed by atoms with Crippen LogP contribution in [0.4, 0.5) is 33.6 Å². The van der Waals surface area contributed by atoms with E-state index in [-0.39, 0.29) is 35.0 Å². The molecule has 4 atom stereocenters. The fourth-order valence-corrected chi connectivity index (χ4v) is 5.84. The Balaban J connectivity index is 1.34. The van der Waals surface area contributed by atoms with Gasteiger partial charge in [0.25, 0.3) is 11.8 Å². The first kappa shape index (κ1) is 28.6. The Hall–Kier alpha value is -4.46.